The van der Waals surface area contributed by atoms with Gasteiger partial charge < -0.3 is 14.7 Å². The van der Waals surface area contributed by atoms with Crippen molar-refractivity contribution in [3.63, 3.8) is 0 Å². The standard InChI is InChI=1S/C18H21N3O3/c22-17(21-11-6-12-21)9-4-5-10-19-18(23)16-13-15(20-24-16)14-7-2-1-3-8-14/h1-3,7-8,13H,4-6,9-12H2,(H,19,23). The number of carbonyl (C=O) groups is 2. The molecule has 0 aliphatic carbocycles. The van der Waals surface area contributed by atoms with Crippen molar-refractivity contribution in [3.8, 4) is 11.3 Å². The van der Waals surface area contributed by atoms with E-state index in [4.69, 9.17) is 4.52 Å². The van der Waals surface area contributed by atoms with Gasteiger partial charge in [-0.25, -0.2) is 0 Å². The molecule has 0 atom stereocenters. The van der Waals surface area contributed by atoms with Crippen molar-refractivity contribution in [2.75, 3.05) is 19.6 Å². The molecule has 3 rings (SSSR count). The van der Waals surface area contributed by atoms with E-state index in [1.165, 1.54) is 0 Å². The summed E-state index contributed by atoms with van der Waals surface area (Å²) in [6.07, 6.45) is 3.21. The van der Waals surface area contributed by atoms with Crippen LogP contribution in [0.25, 0.3) is 11.3 Å². The Labute approximate surface area is 140 Å². The average Bonchev–Trinajstić information content (AvgIpc) is 3.03. The first-order valence-corrected chi connectivity index (χ1v) is 8.32. The van der Waals surface area contributed by atoms with E-state index >= 15 is 0 Å². The first kappa shape index (κ1) is 16.2. The first-order chi connectivity index (χ1) is 11.7. The van der Waals surface area contributed by atoms with Crippen LogP contribution in [0.2, 0.25) is 0 Å². The van der Waals surface area contributed by atoms with Gasteiger partial charge in [0.05, 0.1) is 0 Å². The van der Waals surface area contributed by atoms with Crippen LogP contribution in [0.1, 0.15) is 36.2 Å². The van der Waals surface area contributed by atoms with Gasteiger partial charge in [0.25, 0.3) is 5.91 Å². The summed E-state index contributed by atoms with van der Waals surface area (Å²) in [6, 6.07) is 11.2. The van der Waals surface area contributed by atoms with Crippen LogP contribution in [0.4, 0.5) is 0 Å². The molecule has 1 aliphatic heterocycles. The van der Waals surface area contributed by atoms with Crippen LogP contribution < -0.4 is 5.32 Å². The Kier molecular flexibility index (Phi) is 5.25. The van der Waals surface area contributed by atoms with Crippen molar-refractivity contribution in [3.05, 3.63) is 42.2 Å². The predicted molar refractivity (Wildman–Crippen MR) is 89.3 cm³/mol. The molecule has 0 unspecified atom stereocenters. The average molecular weight is 327 g/mol. The van der Waals surface area contributed by atoms with Crippen molar-refractivity contribution in [2.45, 2.75) is 25.7 Å². The van der Waals surface area contributed by atoms with E-state index in [1.54, 1.807) is 6.07 Å². The van der Waals surface area contributed by atoms with Crippen LogP contribution in [-0.4, -0.2) is 41.5 Å². The number of hydrogen-bond donors (Lipinski definition) is 1. The molecule has 1 aromatic heterocycles. The van der Waals surface area contributed by atoms with Gasteiger partial charge in [-0.1, -0.05) is 35.5 Å². The molecular formula is C18H21N3O3. The zero-order valence-corrected chi connectivity index (χ0v) is 13.5. The van der Waals surface area contributed by atoms with Crippen LogP contribution in [0.3, 0.4) is 0 Å². The van der Waals surface area contributed by atoms with Gasteiger partial charge >= 0.3 is 0 Å². The van der Waals surface area contributed by atoms with Gasteiger partial charge in [0, 0.05) is 37.7 Å². The highest BCUT2D eigenvalue weighted by Crippen LogP contribution is 2.18. The third kappa shape index (κ3) is 4.01. The van der Waals surface area contributed by atoms with Gasteiger partial charge in [-0.15, -0.1) is 0 Å². The molecule has 24 heavy (non-hydrogen) atoms. The number of carbonyl (C=O) groups excluding carboxylic acids is 2. The molecule has 0 radical (unpaired) electrons. The summed E-state index contributed by atoms with van der Waals surface area (Å²) in [5.74, 6) is 0.138. The van der Waals surface area contributed by atoms with E-state index in [0.717, 1.165) is 37.9 Å². The number of unbranched alkanes of at least 4 members (excludes halogenated alkanes) is 1. The summed E-state index contributed by atoms with van der Waals surface area (Å²) < 4.78 is 5.11. The molecule has 6 heteroatoms. The molecule has 1 aliphatic rings. The molecule has 2 aromatic rings. The number of nitrogens with one attached hydrogen (secondary N) is 1. The number of benzene rings is 1. The minimum Gasteiger partial charge on any atom is -0.350 e. The third-order valence-electron chi connectivity index (χ3n) is 4.12. The van der Waals surface area contributed by atoms with Gasteiger partial charge in [0.15, 0.2) is 0 Å². The van der Waals surface area contributed by atoms with E-state index in [2.05, 4.69) is 10.5 Å². The van der Waals surface area contributed by atoms with Crippen molar-refractivity contribution >= 4 is 11.8 Å². The first-order valence-electron chi connectivity index (χ1n) is 8.32. The van der Waals surface area contributed by atoms with Crippen LogP contribution in [-0.2, 0) is 4.79 Å². The van der Waals surface area contributed by atoms with Crippen LogP contribution in [0.15, 0.2) is 40.9 Å². The van der Waals surface area contributed by atoms with Gasteiger partial charge in [-0.3, -0.25) is 9.59 Å². The van der Waals surface area contributed by atoms with Crippen LogP contribution >= 0.6 is 0 Å². The quantitative estimate of drug-likeness (QED) is 0.793. The van der Waals surface area contributed by atoms with E-state index in [9.17, 15) is 9.59 Å². The summed E-state index contributed by atoms with van der Waals surface area (Å²) in [5, 5.41) is 6.72. The lowest BCUT2D eigenvalue weighted by Gasteiger charge is -2.30. The lowest BCUT2D eigenvalue weighted by Crippen LogP contribution is -2.41. The molecule has 126 valence electrons. The Morgan fingerprint density at radius 1 is 1.17 bits per heavy atom. The second-order valence-electron chi connectivity index (χ2n) is 5.89. The Bertz CT molecular complexity index is 693. The molecule has 0 bridgehead atoms. The number of amides is 2. The fraction of sp³-hybridized carbons (Fsp3) is 0.389. The highest BCUT2D eigenvalue weighted by molar-refractivity contribution is 5.92. The Morgan fingerprint density at radius 2 is 1.96 bits per heavy atom. The second-order valence-corrected chi connectivity index (χ2v) is 5.89. The maximum atomic E-state index is 12.0. The lowest BCUT2D eigenvalue weighted by molar-refractivity contribution is -0.134. The molecule has 1 N–H and O–H groups in total. The zero-order chi connectivity index (χ0) is 16.8. The fourth-order valence-electron chi connectivity index (χ4n) is 2.54. The largest absolute Gasteiger partial charge is 0.350 e. The van der Waals surface area contributed by atoms with Crippen molar-refractivity contribution in [1.82, 2.24) is 15.4 Å². The van der Waals surface area contributed by atoms with E-state index in [1.807, 2.05) is 35.2 Å². The Morgan fingerprint density at radius 3 is 2.67 bits per heavy atom. The zero-order valence-electron chi connectivity index (χ0n) is 13.5. The maximum Gasteiger partial charge on any atom is 0.289 e. The lowest BCUT2D eigenvalue weighted by atomic mass is 10.1. The van der Waals surface area contributed by atoms with Gasteiger partial charge in [-0.2, -0.15) is 0 Å². The minimum atomic E-state index is -0.279. The topological polar surface area (TPSA) is 75.4 Å². The number of hydrogen-bond acceptors (Lipinski definition) is 4. The summed E-state index contributed by atoms with van der Waals surface area (Å²) in [7, 11) is 0. The summed E-state index contributed by atoms with van der Waals surface area (Å²) >= 11 is 0. The van der Waals surface area contributed by atoms with Crippen molar-refractivity contribution < 1.29 is 14.1 Å². The van der Waals surface area contributed by atoms with Gasteiger partial charge in [0.2, 0.25) is 11.7 Å². The highest BCUT2D eigenvalue weighted by atomic mass is 16.5. The fourth-order valence-corrected chi connectivity index (χ4v) is 2.54. The van der Waals surface area contributed by atoms with Crippen molar-refractivity contribution in [1.29, 1.82) is 0 Å². The van der Waals surface area contributed by atoms with Crippen LogP contribution in [0.5, 0.6) is 0 Å². The van der Waals surface area contributed by atoms with Gasteiger partial charge in [-0.05, 0) is 19.3 Å². The molecule has 1 aromatic carbocycles. The molecule has 1 fully saturated rings. The van der Waals surface area contributed by atoms with Gasteiger partial charge in [0.1, 0.15) is 5.69 Å². The minimum absolute atomic E-state index is 0.200. The predicted octanol–water partition coefficient (Wildman–Crippen LogP) is 2.47. The van der Waals surface area contributed by atoms with E-state index < -0.39 is 0 Å². The van der Waals surface area contributed by atoms with E-state index in [0.29, 0.717) is 18.7 Å². The summed E-state index contributed by atoms with van der Waals surface area (Å²) in [5.41, 5.74) is 1.55. The summed E-state index contributed by atoms with van der Waals surface area (Å²) in [4.78, 5) is 25.6. The Hall–Kier alpha value is -2.63. The molecule has 2 amide bonds. The molecule has 1 saturated heterocycles. The number of aromatic nitrogens is 1. The molecular weight excluding hydrogens is 306 g/mol. The molecule has 6 nitrogen and oxygen atoms in total. The number of rotatable bonds is 7. The summed E-state index contributed by atoms with van der Waals surface area (Å²) in [6.45, 7) is 2.31. The van der Waals surface area contributed by atoms with Crippen molar-refractivity contribution in [2.24, 2.45) is 0 Å². The Balaban J connectivity index is 1.39. The third-order valence-corrected chi connectivity index (χ3v) is 4.12. The smallest absolute Gasteiger partial charge is 0.289 e. The number of nitrogens with zero attached hydrogens (tertiary/aromatic N) is 2. The molecule has 0 saturated carbocycles. The normalized spacial score (nSPS) is 13.4. The highest BCUT2D eigenvalue weighted by Gasteiger charge is 2.19. The monoisotopic (exact) mass is 327 g/mol. The van der Waals surface area contributed by atoms with Crippen LogP contribution in [0, 0.1) is 0 Å². The van der Waals surface area contributed by atoms with E-state index in [-0.39, 0.29) is 17.6 Å². The number of likely N-dealkylation sites (tertiary alicyclic amines) is 1. The molecule has 2 heterocycles. The second kappa shape index (κ2) is 7.77. The SMILES string of the molecule is O=C(NCCCCC(=O)N1CCC1)c1cc(-c2ccccc2)no1. The maximum absolute atomic E-state index is 12.0. The molecule has 0 spiro atoms.